The molecule has 0 bridgehead atoms. The number of halogens is 3. The summed E-state index contributed by atoms with van der Waals surface area (Å²) < 4.78 is 35.3. The average molecular weight is 246 g/mol. The van der Waals surface area contributed by atoms with E-state index in [1.165, 1.54) is 18.2 Å². The molecule has 0 aliphatic rings. The van der Waals surface area contributed by atoms with Gasteiger partial charge in [0.05, 0.1) is 0 Å². The summed E-state index contributed by atoms with van der Waals surface area (Å²) in [6.07, 6.45) is -4.26. The Morgan fingerprint density at radius 1 is 1.13 bits per heavy atom. The monoisotopic (exact) mass is 246 g/mol. The molecule has 8 heteroatoms. The minimum Gasteiger partial charge on any atom is -0.402 e. The summed E-state index contributed by atoms with van der Waals surface area (Å²) in [4.78, 5) is 0. The fourth-order valence-electron chi connectivity index (χ4n) is 0.570. The van der Waals surface area contributed by atoms with Gasteiger partial charge in [-0.05, 0) is 0 Å². The fraction of sp³-hybridized carbons (Fsp3) is 0.143. The third kappa shape index (κ3) is 10.9. The molecule has 3 N–H and O–H groups in total. The van der Waals surface area contributed by atoms with Gasteiger partial charge in [0, 0.05) is 0 Å². The molecule has 0 aliphatic carbocycles. The zero-order valence-corrected chi connectivity index (χ0v) is 11.0. The van der Waals surface area contributed by atoms with Gasteiger partial charge in [-0.2, -0.15) is 43.5 Å². The van der Waals surface area contributed by atoms with Crippen LogP contribution in [0, 0.1) is 6.07 Å². The summed E-state index contributed by atoms with van der Waals surface area (Å²) in [5, 5.41) is 21.5. The van der Waals surface area contributed by atoms with Crippen LogP contribution in [0.3, 0.4) is 0 Å². The maximum atomic E-state index is 11.8. The molecule has 0 unspecified atom stereocenters. The van der Waals surface area contributed by atoms with Crippen molar-refractivity contribution >= 4 is 7.32 Å². The van der Waals surface area contributed by atoms with E-state index in [1.54, 1.807) is 0 Å². The van der Waals surface area contributed by atoms with E-state index < -0.39 is 19.1 Å². The molecular formula is C7H7BF3KO3. The van der Waals surface area contributed by atoms with Gasteiger partial charge in [0.1, 0.15) is 0 Å². The van der Waals surface area contributed by atoms with Gasteiger partial charge in [-0.15, -0.1) is 0 Å². The Labute approximate surface area is 128 Å². The third-order valence-corrected chi connectivity index (χ3v) is 1.01. The van der Waals surface area contributed by atoms with Crippen LogP contribution in [0.4, 0.5) is 13.2 Å². The first-order valence-electron chi connectivity index (χ1n) is 3.42. The van der Waals surface area contributed by atoms with E-state index in [-0.39, 0.29) is 51.4 Å². The Morgan fingerprint density at radius 3 is 1.80 bits per heavy atom. The predicted molar refractivity (Wildman–Crippen MR) is 42.7 cm³/mol. The van der Waals surface area contributed by atoms with Gasteiger partial charge in [-0.1, -0.05) is 5.56 Å². The van der Waals surface area contributed by atoms with Gasteiger partial charge in [-0.3, -0.25) is 0 Å². The van der Waals surface area contributed by atoms with Gasteiger partial charge in [-0.25, -0.2) is 0 Å². The van der Waals surface area contributed by atoms with Crippen LogP contribution in [0.1, 0.15) is 5.56 Å². The zero-order chi connectivity index (χ0) is 11.2. The summed E-state index contributed by atoms with van der Waals surface area (Å²) in [7, 11) is -2.17. The van der Waals surface area contributed by atoms with E-state index in [1.807, 2.05) is 0 Å². The van der Waals surface area contributed by atoms with Crippen molar-refractivity contribution in [1.29, 1.82) is 0 Å². The summed E-state index contributed by atoms with van der Waals surface area (Å²) in [5.74, 6) is 0. The summed E-state index contributed by atoms with van der Waals surface area (Å²) in [6, 6.07) is 7.14. The van der Waals surface area contributed by atoms with Crippen molar-refractivity contribution in [2.75, 3.05) is 0 Å². The fourth-order valence-corrected chi connectivity index (χ4v) is 0.570. The quantitative estimate of drug-likeness (QED) is 0.349. The first-order valence-corrected chi connectivity index (χ1v) is 3.42. The maximum absolute atomic E-state index is 11.8. The van der Waals surface area contributed by atoms with Crippen LogP contribution in [-0.2, 0) is 6.18 Å². The Bertz CT molecular complexity index is 253. The number of benzene rings is 1. The van der Waals surface area contributed by atoms with Crippen molar-refractivity contribution in [2.24, 2.45) is 0 Å². The van der Waals surface area contributed by atoms with Gasteiger partial charge < -0.3 is 15.1 Å². The second kappa shape index (κ2) is 8.71. The van der Waals surface area contributed by atoms with E-state index in [0.717, 1.165) is 6.07 Å². The molecule has 0 radical (unpaired) electrons. The van der Waals surface area contributed by atoms with E-state index >= 15 is 0 Å². The van der Waals surface area contributed by atoms with Gasteiger partial charge >= 0.3 is 64.9 Å². The number of hydrogen-bond acceptors (Lipinski definition) is 3. The largest absolute Gasteiger partial charge is 1.00 e. The summed E-state index contributed by atoms with van der Waals surface area (Å²) in [6.45, 7) is 0. The molecule has 78 valence electrons. The second-order valence-corrected chi connectivity index (χ2v) is 2.12. The Kier molecular flexibility index (Phi) is 10.4. The van der Waals surface area contributed by atoms with Crippen LogP contribution < -0.4 is 51.4 Å². The van der Waals surface area contributed by atoms with E-state index in [2.05, 4.69) is 6.07 Å². The molecule has 0 amide bonds. The standard InChI is InChI=1S/C7H4F3.BH3O3.K/c8-7(9,10)6-4-2-1-3-5-6;2-1(3)4;/h1-4H;2-4H;/q-1;;+1. The molecule has 0 fully saturated rings. The van der Waals surface area contributed by atoms with Crippen molar-refractivity contribution < 1.29 is 79.6 Å². The first-order chi connectivity index (χ1) is 6.34. The van der Waals surface area contributed by atoms with Crippen molar-refractivity contribution in [2.45, 2.75) is 6.18 Å². The van der Waals surface area contributed by atoms with Gasteiger partial charge in [0.15, 0.2) is 0 Å². The molecule has 0 saturated carbocycles. The average Bonchev–Trinajstić information content (AvgIpc) is 2.03. The van der Waals surface area contributed by atoms with Crippen LogP contribution in [-0.4, -0.2) is 22.4 Å². The Hall–Kier alpha value is 0.591. The third-order valence-electron chi connectivity index (χ3n) is 1.01. The van der Waals surface area contributed by atoms with Crippen molar-refractivity contribution in [1.82, 2.24) is 0 Å². The van der Waals surface area contributed by atoms with E-state index in [9.17, 15) is 13.2 Å². The minimum atomic E-state index is -4.26. The molecule has 0 aliphatic heterocycles. The van der Waals surface area contributed by atoms with Crippen LogP contribution in [0.5, 0.6) is 0 Å². The molecule has 1 aromatic carbocycles. The topological polar surface area (TPSA) is 60.7 Å². The Balaban J connectivity index is 0. The molecule has 3 nitrogen and oxygen atoms in total. The molecule has 15 heavy (non-hydrogen) atoms. The van der Waals surface area contributed by atoms with Crippen LogP contribution in [0.25, 0.3) is 0 Å². The molecule has 0 saturated heterocycles. The van der Waals surface area contributed by atoms with Crippen molar-refractivity contribution in [3.8, 4) is 0 Å². The van der Waals surface area contributed by atoms with Crippen molar-refractivity contribution in [3.63, 3.8) is 0 Å². The van der Waals surface area contributed by atoms with E-state index in [4.69, 9.17) is 15.1 Å². The van der Waals surface area contributed by atoms with Gasteiger partial charge in [0.2, 0.25) is 0 Å². The molecular weight excluding hydrogens is 239 g/mol. The summed E-state index contributed by atoms with van der Waals surface area (Å²) >= 11 is 0. The van der Waals surface area contributed by atoms with Gasteiger partial charge in [0.25, 0.3) is 0 Å². The first kappa shape index (κ1) is 18.0. The predicted octanol–water partition coefficient (Wildman–Crippen LogP) is -2.54. The summed E-state index contributed by atoms with van der Waals surface area (Å²) in [5.41, 5.74) is -0.727. The number of hydrogen-bond donors (Lipinski definition) is 3. The molecule has 0 heterocycles. The molecule has 1 aromatic rings. The maximum Gasteiger partial charge on any atom is 1.00 e. The molecule has 0 atom stereocenters. The SMILES string of the molecule is FC(F)(F)c1[c-]cccc1.OB(O)O.[K+]. The van der Waals surface area contributed by atoms with Crippen molar-refractivity contribution in [3.05, 3.63) is 35.9 Å². The Morgan fingerprint density at radius 2 is 1.60 bits per heavy atom. The zero-order valence-electron chi connectivity index (χ0n) is 7.86. The van der Waals surface area contributed by atoms with Crippen LogP contribution in [0.2, 0.25) is 0 Å². The minimum absolute atomic E-state index is 0. The molecule has 1 rings (SSSR count). The number of rotatable bonds is 0. The second-order valence-electron chi connectivity index (χ2n) is 2.12. The molecule has 0 spiro atoms. The normalized spacial score (nSPS) is 9.47. The van der Waals surface area contributed by atoms with E-state index in [0.29, 0.717) is 0 Å². The smallest absolute Gasteiger partial charge is 0.402 e. The van der Waals surface area contributed by atoms with Crippen LogP contribution >= 0.6 is 0 Å². The number of alkyl halides is 3. The van der Waals surface area contributed by atoms with Crippen LogP contribution in [0.15, 0.2) is 24.3 Å². The molecule has 0 aromatic heterocycles.